The van der Waals surface area contributed by atoms with Gasteiger partial charge in [-0.3, -0.25) is 9.59 Å². The summed E-state index contributed by atoms with van der Waals surface area (Å²) >= 11 is 0. The van der Waals surface area contributed by atoms with Crippen molar-refractivity contribution in [3.63, 3.8) is 0 Å². The van der Waals surface area contributed by atoms with Gasteiger partial charge in [0.1, 0.15) is 0 Å². The summed E-state index contributed by atoms with van der Waals surface area (Å²) in [7, 11) is 0. The van der Waals surface area contributed by atoms with Gasteiger partial charge in [0.05, 0.1) is 22.2 Å². The molecule has 1 aliphatic carbocycles. The molecule has 2 aromatic heterocycles. The standard InChI is InChI=1S/C31H24N2O6/c1-15-3-5-24-20(7-15)28(34)21-13-27-23(12-25(21)32-24)29(35)22-8-16(2)4-6-26(22)33(27)14-17-9-18(30(36)37)11-19(10-17)31(38)39/h3-7,9-13,16H,8,14H2,1-2H3,(H,32,34)(H,36,37)(H,38,39). The second-order valence-corrected chi connectivity index (χ2v) is 10.3. The zero-order valence-corrected chi connectivity index (χ0v) is 21.2. The molecule has 0 amide bonds. The van der Waals surface area contributed by atoms with Crippen LogP contribution in [0.5, 0.6) is 0 Å². The molecule has 0 spiro atoms. The average molecular weight is 521 g/mol. The maximum absolute atomic E-state index is 13.8. The van der Waals surface area contributed by atoms with Crippen LogP contribution in [0.4, 0.5) is 0 Å². The first kappa shape index (κ1) is 24.4. The number of aromatic carboxylic acids is 2. The molecule has 194 valence electrons. The van der Waals surface area contributed by atoms with Crippen molar-refractivity contribution in [3.05, 3.63) is 109 Å². The molecule has 0 fully saturated rings. The number of pyridine rings is 2. The lowest BCUT2D eigenvalue weighted by atomic mass is 9.91. The van der Waals surface area contributed by atoms with Gasteiger partial charge in [0.15, 0.2) is 10.9 Å². The van der Waals surface area contributed by atoms with Crippen LogP contribution in [0.1, 0.15) is 50.0 Å². The highest BCUT2D eigenvalue weighted by molar-refractivity contribution is 6.00. The number of carbonyl (C=O) groups is 2. The van der Waals surface area contributed by atoms with E-state index in [9.17, 15) is 29.4 Å². The number of carboxylic acid groups (broad SMARTS) is 2. The molecule has 5 aromatic rings. The van der Waals surface area contributed by atoms with Gasteiger partial charge in [-0.1, -0.05) is 24.6 Å². The van der Waals surface area contributed by atoms with Gasteiger partial charge in [-0.05, 0) is 73.4 Å². The Balaban J connectivity index is 1.69. The van der Waals surface area contributed by atoms with Crippen molar-refractivity contribution in [3.8, 4) is 0 Å². The maximum atomic E-state index is 13.8. The third-order valence-electron chi connectivity index (χ3n) is 7.42. The first-order chi connectivity index (χ1) is 18.6. The van der Waals surface area contributed by atoms with Gasteiger partial charge >= 0.3 is 11.9 Å². The van der Waals surface area contributed by atoms with Gasteiger partial charge < -0.3 is 19.8 Å². The van der Waals surface area contributed by atoms with E-state index in [0.717, 1.165) is 11.6 Å². The number of allylic oxidation sites excluding steroid dienone is 1. The molecule has 0 radical (unpaired) electrons. The van der Waals surface area contributed by atoms with Crippen LogP contribution in [-0.4, -0.2) is 31.7 Å². The SMILES string of the molecule is Cc1ccc2[nH]c3cc4c(=O)c5c(n(Cc6cc(C(=O)O)cc(C(=O)O)c6)c4cc3c(=O)c2c1)C=CC(C)C5. The molecule has 2 heterocycles. The third kappa shape index (κ3) is 4.01. The molecule has 3 aromatic carbocycles. The van der Waals surface area contributed by atoms with E-state index < -0.39 is 11.9 Å². The van der Waals surface area contributed by atoms with E-state index in [2.05, 4.69) is 4.98 Å². The summed E-state index contributed by atoms with van der Waals surface area (Å²) in [5, 5.41) is 20.5. The van der Waals surface area contributed by atoms with Crippen LogP contribution in [0.15, 0.2) is 64.2 Å². The number of H-pyrrole nitrogens is 1. The molecule has 6 rings (SSSR count). The van der Waals surface area contributed by atoms with Gasteiger partial charge in [-0.2, -0.15) is 0 Å². The fraction of sp³-hybridized carbons (Fsp3) is 0.161. The van der Waals surface area contributed by atoms with Gasteiger partial charge in [-0.25, -0.2) is 9.59 Å². The Labute approximate surface area is 221 Å². The Morgan fingerprint density at radius 3 is 2.28 bits per heavy atom. The van der Waals surface area contributed by atoms with E-state index in [4.69, 9.17) is 0 Å². The van der Waals surface area contributed by atoms with E-state index >= 15 is 0 Å². The maximum Gasteiger partial charge on any atom is 0.335 e. The number of rotatable bonds is 4. The Kier molecular flexibility index (Phi) is 5.50. The van der Waals surface area contributed by atoms with Crippen LogP contribution in [0.2, 0.25) is 0 Å². The van der Waals surface area contributed by atoms with Crippen molar-refractivity contribution >= 4 is 50.7 Å². The zero-order valence-electron chi connectivity index (χ0n) is 21.2. The highest BCUT2D eigenvalue weighted by Crippen LogP contribution is 2.29. The lowest BCUT2D eigenvalue weighted by Gasteiger charge is -2.23. The first-order valence-electron chi connectivity index (χ1n) is 12.5. The van der Waals surface area contributed by atoms with Crippen molar-refractivity contribution < 1.29 is 19.8 Å². The number of aromatic amines is 1. The minimum atomic E-state index is -1.24. The number of nitrogens with zero attached hydrogens (tertiary/aromatic N) is 1. The molecule has 0 saturated carbocycles. The zero-order chi connectivity index (χ0) is 27.6. The molecule has 8 nitrogen and oxygen atoms in total. The predicted molar refractivity (Wildman–Crippen MR) is 150 cm³/mol. The number of carboxylic acids is 2. The Morgan fingerprint density at radius 1 is 0.897 bits per heavy atom. The Hall–Kier alpha value is -4.98. The van der Waals surface area contributed by atoms with Crippen LogP contribution in [0.3, 0.4) is 0 Å². The van der Waals surface area contributed by atoms with Crippen molar-refractivity contribution in [1.82, 2.24) is 9.55 Å². The monoisotopic (exact) mass is 520 g/mol. The summed E-state index contributed by atoms with van der Waals surface area (Å²) in [6, 6.07) is 13.0. The molecule has 1 aliphatic rings. The van der Waals surface area contributed by atoms with Gasteiger partial charge in [0.2, 0.25) is 0 Å². The van der Waals surface area contributed by atoms with E-state index in [1.54, 1.807) is 12.1 Å². The van der Waals surface area contributed by atoms with Crippen molar-refractivity contribution in [2.24, 2.45) is 5.92 Å². The lowest BCUT2D eigenvalue weighted by Crippen LogP contribution is -2.23. The van der Waals surface area contributed by atoms with Crippen LogP contribution < -0.4 is 10.9 Å². The topological polar surface area (TPSA) is 129 Å². The van der Waals surface area contributed by atoms with Gasteiger partial charge in [0, 0.05) is 39.5 Å². The Bertz CT molecular complexity index is 2020. The quantitative estimate of drug-likeness (QED) is 0.288. The number of fused-ring (bicyclic) bond motifs is 4. The number of benzene rings is 3. The highest BCUT2D eigenvalue weighted by atomic mass is 16.4. The smallest absolute Gasteiger partial charge is 0.335 e. The normalized spacial score (nSPS) is 14.7. The van der Waals surface area contributed by atoms with Gasteiger partial charge in [0.25, 0.3) is 0 Å². The molecule has 1 unspecified atom stereocenters. The molecule has 8 heteroatoms. The van der Waals surface area contributed by atoms with Gasteiger partial charge in [-0.15, -0.1) is 0 Å². The Morgan fingerprint density at radius 2 is 1.59 bits per heavy atom. The second kappa shape index (κ2) is 8.80. The summed E-state index contributed by atoms with van der Waals surface area (Å²) in [4.78, 5) is 54.1. The second-order valence-electron chi connectivity index (χ2n) is 10.3. The average Bonchev–Trinajstić information content (AvgIpc) is 2.91. The largest absolute Gasteiger partial charge is 0.478 e. The van der Waals surface area contributed by atoms with E-state index in [0.29, 0.717) is 56.0 Å². The predicted octanol–water partition coefficient (Wildman–Crippen LogP) is 4.95. The van der Waals surface area contributed by atoms with Crippen LogP contribution in [0, 0.1) is 12.8 Å². The van der Waals surface area contributed by atoms with E-state index in [1.807, 2.05) is 48.8 Å². The summed E-state index contributed by atoms with van der Waals surface area (Å²) in [5.41, 5.74) is 3.87. The summed E-state index contributed by atoms with van der Waals surface area (Å²) in [6.45, 7) is 4.04. The number of aryl methyl sites for hydroxylation is 1. The molecular weight excluding hydrogens is 496 g/mol. The highest BCUT2D eigenvalue weighted by Gasteiger charge is 2.22. The van der Waals surface area contributed by atoms with Crippen LogP contribution >= 0.6 is 0 Å². The third-order valence-corrected chi connectivity index (χ3v) is 7.42. The van der Waals surface area contributed by atoms with Crippen molar-refractivity contribution in [2.45, 2.75) is 26.8 Å². The van der Waals surface area contributed by atoms with Crippen molar-refractivity contribution in [2.75, 3.05) is 0 Å². The molecule has 39 heavy (non-hydrogen) atoms. The molecule has 0 saturated heterocycles. The number of nitrogens with one attached hydrogen (secondary N) is 1. The van der Waals surface area contributed by atoms with Crippen LogP contribution in [0.25, 0.3) is 38.8 Å². The molecule has 0 aliphatic heterocycles. The van der Waals surface area contributed by atoms with E-state index in [1.165, 1.54) is 12.1 Å². The molecule has 1 atom stereocenters. The first-order valence-corrected chi connectivity index (χ1v) is 12.5. The van der Waals surface area contributed by atoms with Crippen molar-refractivity contribution in [1.29, 1.82) is 0 Å². The molecular formula is C31H24N2O6. The minimum Gasteiger partial charge on any atom is -0.478 e. The molecule has 3 N–H and O–H groups in total. The molecule has 0 bridgehead atoms. The number of hydrogen-bond donors (Lipinski definition) is 3. The summed E-state index contributed by atoms with van der Waals surface area (Å²) < 4.78 is 1.88. The fourth-order valence-electron chi connectivity index (χ4n) is 5.52. The summed E-state index contributed by atoms with van der Waals surface area (Å²) in [5.74, 6) is -2.32. The fourth-order valence-corrected chi connectivity index (χ4v) is 5.52. The number of aromatic nitrogens is 2. The minimum absolute atomic E-state index is 0.106. The lowest BCUT2D eigenvalue weighted by molar-refractivity contribution is 0.0696. The van der Waals surface area contributed by atoms with E-state index in [-0.39, 0.29) is 34.4 Å². The summed E-state index contributed by atoms with van der Waals surface area (Å²) in [6.07, 6.45) is 4.41. The van der Waals surface area contributed by atoms with Crippen LogP contribution in [-0.2, 0) is 13.0 Å². The number of hydrogen-bond acceptors (Lipinski definition) is 4.